The minimum Gasteiger partial charge on any atom is -0.332 e. The largest absolute Gasteiger partial charge is 0.332 e. The molecule has 1 aromatic rings. The van der Waals surface area contributed by atoms with Crippen LogP contribution in [0.1, 0.15) is 95.1 Å². The van der Waals surface area contributed by atoms with E-state index in [0.717, 1.165) is 29.7 Å². The molecule has 3 nitrogen and oxygen atoms in total. The Morgan fingerprint density at radius 2 is 1.44 bits per heavy atom. The van der Waals surface area contributed by atoms with E-state index >= 15 is 0 Å². The van der Waals surface area contributed by atoms with Gasteiger partial charge in [0.05, 0.1) is 0 Å². The van der Waals surface area contributed by atoms with Crippen molar-refractivity contribution in [3.05, 3.63) is 29.3 Å². The molecule has 0 radical (unpaired) electrons. The molecule has 0 atom stereocenters. The summed E-state index contributed by atoms with van der Waals surface area (Å²) in [5, 5.41) is 6.30. The predicted molar refractivity (Wildman–Crippen MR) is 121 cm³/mol. The Kier molecular flexibility index (Phi) is 12.8. The molecule has 0 saturated heterocycles. The molecule has 152 valence electrons. The summed E-state index contributed by atoms with van der Waals surface area (Å²) in [6.07, 6.45) is 14.7. The van der Waals surface area contributed by atoms with Crippen LogP contribution < -0.4 is 10.6 Å². The minimum atomic E-state index is 0.00808. The Hall–Kier alpha value is -1.42. The molecule has 2 N–H and O–H groups in total. The van der Waals surface area contributed by atoms with Gasteiger partial charge in [0.25, 0.3) is 0 Å². The highest BCUT2D eigenvalue weighted by Crippen LogP contribution is 2.16. The van der Waals surface area contributed by atoms with E-state index in [1.807, 2.05) is 26.0 Å². The normalized spacial score (nSPS) is 10.6. The van der Waals surface area contributed by atoms with E-state index < -0.39 is 0 Å². The van der Waals surface area contributed by atoms with E-state index in [1.54, 1.807) is 0 Å². The third-order valence-corrected chi connectivity index (χ3v) is 5.11. The second-order valence-electron chi connectivity index (χ2n) is 7.61. The minimum absolute atomic E-state index is 0.00808. The number of rotatable bonds is 13. The van der Waals surface area contributed by atoms with Crippen molar-refractivity contribution in [1.82, 2.24) is 5.32 Å². The number of aryl methyl sites for hydroxylation is 2. The summed E-state index contributed by atoms with van der Waals surface area (Å²) in [6, 6.07) is 6.15. The van der Waals surface area contributed by atoms with Crippen LogP contribution in [-0.4, -0.2) is 11.0 Å². The number of amides is 1. The Morgan fingerprint density at radius 3 is 2.04 bits per heavy atom. The fourth-order valence-corrected chi connectivity index (χ4v) is 3.39. The van der Waals surface area contributed by atoms with Crippen LogP contribution in [0.2, 0.25) is 0 Å². The van der Waals surface area contributed by atoms with E-state index in [4.69, 9.17) is 12.2 Å². The van der Waals surface area contributed by atoms with E-state index in [-0.39, 0.29) is 5.91 Å². The number of carbonyl (C=O) groups excluding carboxylic acids is 1. The first kappa shape index (κ1) is 23.6. The van der Waals surface area contributed by atoms with Gasteiger partial charge in [-0.15, -0.1) is 0 Å². The molecule has 0 aliphatic heterocycles. The molecule has 0 saturated carbocycles. The van der Waals surface area contributed by atoms with Crippen LogP contribution in [0.15, 0.2) is 18.2 Å². The van der Waals surface area contributed by atoms with Crippen LogP contribution in [0.4, 0.5) is 5.69 Å². The average Bonchev–Trinajstić information content (AvgIpc) is 2.62. The molecule has 0 aromatic heterocycles. The first-order valence-electron chi connectivity index (χ1n) is 10.7. The van der Waals surface area contributed by atoms with Crippen molar-refractivity contribution in [2.75, 3.05) is 5.32 Å². The zero-order valence-electron chi connectivity index (χ0n) is 17.5. The van der Waals surface area contributed by atoms with Gasteiger partial charge in [0.2, 0.25) is 5.91 Å². The highest BCUT2D eigenvalue weighted by molar-refractivity contribution is 7.80. The van der Waals surface area contributed by atoms with Crippen molar-refractivity contribution >= 4 is 28.9 Å². The first-order valence-corrected chi connectivity index (χ1v) is 11.1. The van der Waals surface area contributed by atoms with Crippen LogP contribution in [0.25, 0.3) is 0 Å². The number of hydrogen-bond acceptors (Lipinski definition) is 2. The topological polar surface area (TPSA) is 41.1 Å². The number of hydrogen-bond donors (Lipinski definition) is 2. The van der Waals surface area contributed by atoms with E-state index in [9.17, 15) is 4.79 Å². The van der Waals surface area contributed by atoms with Crippen molar-refractivity contribution in [1.29, 1.82) is 0 Å². The van der Waals surface area contributed by atoms with Crippen LogP contribution in [0.5, 0.6) is 0 Å². The van der Waals surface area contributed by atoms with E-state index in [0.29, 0.717) is 11.5 Å². The fourth-order valence-electron chi connectivity index (χ4n) is 3.16. The smallest absolute Gasteiger partial charge is 0.226 e. The molecule has 0 fully saturated rings. The molecule has 1 aromatic carbocycles. The fraction of sp³-hybridized carbons (Fsp3) is 0.652. The number of thiocarbonyl (C=S) groups is 1. The molecule has 0 spiro atoms. The maximum Gasteiger partial charge on any atom is 0.226 e. The number of benzene rings is 1. The Balaban J connectivity index is 2.04. The zero-order valence-corrected chi connectivity index (χ0v) is 18.4. The molecule has 1 rings (SSSR count). The molecule has 0 unspecified atom stereocenters. The molecule has 0 heterocycles. The summed E-state index contributed by atoms with van der Waals surface area (Å²) in [6.45, 7) is 6.32. The van der Waals surface area contributed by atoms with Gasteiger partial charge in [0.15, 0.2) is 5.11 Å². The third-order valence-electron chi connectivity index (χ3n) is 4.90. The summed E-state index contributed by atoms with van der Waals surface area (Å²) in [5.41, 5.74) is 3.23. The van der Waals surface area contributed by atoms with Gasteiger partial charge in [-0.2, -0.15) is 0 Å². The van der Waals surface area contributed by atoms with Gasteiger partial charge in [0.1, 0.15) is 0 Å². The zero-order chi connectivity index (χ0) is 19.9. The Bertz CT molecular complexity index is 571. The van der Waals surface area contributed by atoms with Gasteiger partial charge >= 0.3 is 0 Å². The molecule has 0 bridgehead atoms. The van der Waals surface area contributed by atoms with Crippen LogP contribution in [0.3, 0.4) is 0 Å². The number of carbonyl (C=O) groups is 1. The second kappa shape index (κ2) is 14.6. The van der Waals surface area contributed by atoms with Crippen LogP contribution >= 0.6 is 12.2 Å². The summed E-state index contributed by atoms with van der Waals surface area (Å²) in [4.78, 5) is 12.0. The van der Waals surface area contributed by atoms with Gasteiger partial charge in [-0.1, -0.05) is 83.3 Å². The summed E-state index contributed by atoms with van der Waals surface area (Å²) in [5.74, 6) is 0.00808. The summed E-state index contributed by atoms with van der Waals surface area (Å²) in [7, 11) is 0. The lowest BCUT2D eigenvalue weighted by Crippen LogP contribution is -2.34. The lowest BCUT2D eigenvalue weighted by atomic mass is 10.1. The monoisotopic (exact) mass is 390 g/mol. The highest BCUT2D eigenvalue weighted by Gasteiger charge is 2.06. The molecule has 0 aliphatic rings. The maximum absolute atomic E-state index is 12.0. The summed E-state index contributed by atoms with van der Waals surface area (Å²) < 4.78 is 0. The number of anilines is 1. The number of nitrogens with one attached hydrogen (secondary N) is 2. The van der Waals surface area contributed by atoms with E-state index in [1.165, 1.54) is 57.8 Å². The molecule has 0 aliphatic carbocycles. The van der Waals surface area contributed by atoms with E-state index in [2.05, 4.69) is 23.6 Å². The molecule has 27 heavy (non-hydrogen) atoms. The van der Waals surface area contributed by atoms with Crippen molar-refractivity contribution in [3.8, 4) is 0 Å². The molecular weight excluding hydrogens is 352 g/mol. The van der Waals surface area contributed by atoms with Crippen molar-refractivity contribution < 1.29 is 4.79 Å². The average molecular weight is 391 g/mol. The standard InChI is InChI=1S/C23H38N2OS/c1-4-5-6-7-8-9-10-11-12-13-14-15-22(26)25-23(27)24-21-18-19(2)16-17-20(21)3/h16-18H,4-15H2,1-3H3,(H2,24,25,26,27). The van der Waals surface area contributed by atoms with Crippen molar-refractivity contribution in [3.63, 3.8) is 0 Å². The number of unbranched alkanes of at least 4 members (excludes halogenated alkanes) is 10. The van der Waals surface area contributed by atoms with Gasteiger partial charge in [-0.05, 0) is 49.7 Å². The van der Waals surface area contributed by atoms with Gasteiger partial charge in [-0.3, -0.25) is 4.79 Å². The Morgan fingerprint density at radius 1 is 0.889 bits per heavy atom. The summed E-state index contributed by atoms with van der Waals surface area (Å²) >= 11 is 5.26. The molecule has 4 heteroatoms. The second-order valence-corrected chi connectivity index (χ2v) is 8.01. The molecule has 1 amide bonds. The lowest BCUT2D eigenvalue weighted by Gasteiger charge is -2.12. The van der Waals surface area contributed by atoms with Crippen LogP contribution in [0, 0.1) is 13.8 Å². The SMILES string of the molecule is CCCCCCCCCCCCCC(=O)NC(=S)Nc1cc(C)ccc1C. The van der Waals surface area contributed by atoms with Gasteiger partial charge < -0.3 is 10.6 Å². The highest BCUT2D eigenvalue weighted by atomic mass is 32.1. The predicted octanol–water partition coefficient (Wildman–Crippen LogP) is 6.82. The van der Waals surface area contributed by atoms with Crippen LogP contribution in [-0.2, 0) is 4.79 Å². The quantitative estimate of drug-likeness (QED) is 0.287. The molecular formula is C23H38N2OS. The Labute approximate surface area is 171 Å². The first-order chi connectivity index (χ1) is 13.0. The van der Waals surface area contributed by atoms with Gasteiger partial charge in [-0.25, -0.2) is 0 Å². The van der Waals surface area contributed by atoms with Crippen molar-refractivity contribution in [2.45, 2.75) is 97.8 Å². The third kappa shape index (κ3) is 11.8. The van der Waals surface area contributed by atoms with Crippen molar-refractivity contribution in [2.24, 2.45) is 0 Å². The maximum atomic E-state index is 12.0. The lowest BCUT2D eigenvalue weighted by molar-refractivity contribution is -0.119. The van der Waals surface area contributed by atoms with Gasteiger partial charge in [0, 0.05) is 12.1 Å².